The Bertz CT molecular complexity index is 1450. The average Bonchev–Trinajstić information content (AvgIpc) is 3.61. The van der Waals surface area contributed by atoms with E-state index in [0.29, 0.717) is 41.0 Å². The van der Waals surface area contributed by atoms with Gasteiger partial charge in [-0.3, -0.25) is 0 Å². The summed E-state index contributed by atoms with van der Waals surface area (Å²) in [7, 11) is -3.96. The van der Waals surface area contributed by atoms with E-state index in [1.807, 2.05) is 21.6 Å². The number of sulfonamides is 1. The minimum absolute atomic E-state index is 0.121. The molecule has 0 radical (unpaired) electrons. The Balaban J connectivity index is 1.16. The average molecular weight is 650 g/mol. The van der Waals surface area contributed by atoms with Crippen molar-refractivity contribution < 1.29 is 35.8 Å². The number of imidazole rings is 1. The van der Waals surface area contributed by atoms with E-state index < -0.39 is 40.3 Å². The van der Waals surface area contributed by atoms with Crippen LogP contribution in [-0.2, 0) is 31.8 Å². The molecule has 42 heavy (non-hydrogen) atoms. The second kappa shape index (κ2) is 12.6. The topological polar surface area (TPSA) is 86.1 Å². The fourth-order valence-electron chi connectivity index (χ4n) is 4.92. The lowest BCUT2D eigenvalue weighted by Gasteiger charge is -2.35. The third-order valence-electron chi connectivity index (χ3n) is 7.06. The lowest BCUT2D eigenvalue weighted by Crippen LogP contribution is -2.49. The molecule has 3 heterocycles. The highest BCUT2D eigenvalue weighted by Crippen LogP contribution is 2.40. The highest BCUT2D eigenvalue weighted by atomic mass is 35.5. The number of aromatic nitrogens is 2. The third-order valence-corrected chi connectivity index (χ3v) is 9.48. The number of alkyl halides is 3. The first-order valence-electron chi connectivity index (χ1n) is 13.2. The quantitative estimate of drug-likeness (QED) is 0.308. The number of ether oxygens (including phenoxy) is 3. The molecule has 9 nitrogen and oxygen atoms in total. The number of hydrogen-bond acceptors (Lipinski definition) is 7. The molecule has 1 aromatic heterocycles. The van der Waals surface area contributed by atoms with Crippen molar-refractivity contribution in [1.82, 2.24) is 13.9 Å². The van der Waals surface area contributed by atoms with E-state index in [0.717, 1.165) is 9.99 Å². The van der Waals surface area contributed by atoms with Gasteiger partial charge in [-0.2, -0.15) is 17.5 Å². The summed E-state index contributed by atoms with van der Waals surface area (Å²) >= 11 is 12.6. The Morgan fingerprint density at radius 3 is 2.45 bits per heavy atom. The summed E-state index contributed by atoms with van der Waals surface area (Å²) in [5.41, 5.74) is 1.49. The predicted molar refractivity (Wildman–Crippen MR) is 151 cm³/mol. The highest BCUT2D eigenvalue weighted by molar-refractivity contribution is 7.89. The highest BCUT2D eigenvalue weighted by Gasteiger charge is 2.45. The number of nitrogens with zero attached hydrogens (tertiary/aromatic N) is 4. The number of rotatable bonds is 10. The molecule has 2 aliphatic rings. The molecule has 2 fully saturated rings. The van der Waals surface area contributed by atoms with Crippen LogP contribution in [0.1, 0.15) is 12.0 Å². The fraction of sp³-hybridized carbons (Fsp3) is 0.444. The molecular formula is C27H29Cl2F3N4O5S. The number of halogens is 5. The van der Waals surface area contributed by atoms with Crippen molar-refractivity contribution in [2.45, 2.75) is 31.0 Å². The third kappa shape index (κ3) is 7.50. The van der Waals surface area contributed by atoms with Crippen LogP contribution in [0, 0.1) is 0 Å². The second-order valence-electron chi connectivity index (χ2n) is 10.0. The molecule has 0 saturated carbocycles. The summed E-state index contributed by atoms with van der Waals surface area (Å²) in [5.74, 6) is -1.49. The van der Waals surface area contributed by atoms with Gasteiger partial charge in [0.05, 0.1) is 36.7 Å². The number of anilines is 1. The van der Waals surface area contributed by atoms with E-state index in [1.165, 1.54) is 0 Å². The van der Waals surface area contributed by atoms with E-state index in [4.69, 9.17) is 37.4 Å². The summed E-state index contributed by atoms with van der Waals surface area (Å²) in [6.07, 6.45) is -1.13. The first-order valence-corrected chi connectivity index (χ1v) is 15.5. The minimum atomic E-state index is -4.51. The van der Waals surface area contributed by atoms with Crippen LogP contribution in [-0.4, -0.2) is 79.7 Å². The summed E-state index contributed by atoms with van der Waals surface area (Å²) in [5, 5.41) is 0.912. The molecule has 228 valence electrons. The molecule has 15 heteroatoms. The molecular weight excluding hydrogens is 620 g/mol. The van der Waals surface area contributed by atoms with Gasteiger partial charge in [0.25, 0.3) is 0 Å². The van der Waals surface area contributed by atoms with Crippen molar-refractivity contribution in [3.05, 3.63) is 76.8 Å². The van der Waals surface area contributed by atoms with E-state index in [9.17, 15) is 21.6 Å². The van der Waals surface area contributed by atoms with E-state index in [1.54, 1.807) is 49.1 Å². The molecule has 0 amide bonds. The summed E-state index contributed by atoms with van der Waals surface area (Å²) in [6.45, 7) is 1.77. The van der Waals surface area contributed by atoms with Gasteiger partial charge in [0.1, 0.15) is 18.5 Å². The number of piperazine rings is 1. The first kappa shape index (κ1) is 30.9. The molecule has 0 N–H and O–H groups in total. The Hall–Kier alpha value is -2.55. The van der Waals surface area contributed by atoms with Gasteiger partial charge >= 0.3 is 6.18 Å². The molecule has 2 aliphatic heterocycles. The smallest absolute Gasteiger partial charge is 0.390 e. The van der Waals surface area contributed by atoms with Gasteiger partial charge in [-0.15, -0.1) is 0 Å². The van der Waals surface area contributed by atoms with Gasteiger partial charge in [-0.1, -0.05) is 29.3 Å². The first-order chi connectivity index (χ1) is 19.9. The van der Waals surface area contributed by atoms with Gasteiger partial charge in [-0.05, 0) is 36.4 Å². The molecule has 5 rings (SSSR count). The molecule has 0 spiro atoms. The molecule has 3 aromatic rings. The Morgan fingerprint density at radius 1 is 1.07 bits per heavy atom. The number of benzene rings is 2. The lowest BCUT2D eigenvalue weighted by molar-refractivity contribution is -0.189. The van der Waals surface area contributed by atoms with E-state index in [-0.39, 0.29) is 26.3 Å². The largest absolute Gasteiger partial charge is 0.491 e. The van der Waals surface area contributed by atoms with Crippen LogP contribution in [0.3, 0.4) is 0 Å². The lowest BCUT2D eigenvalue weighted by atomic mass is 10.1. The van der Waals surface area contributed by atoms with Gasteiger partial charge in [0.15, 0.2) is 0 Å². The standard InChI is InChI=1S/C27H29Cl2F3N4O5S/c28-20-1-6-24(25(29)15-20)26(18-34-9-8-33-19-34)40-17-23(41-26)16-39-22-4-2-21(3-5-22)35-10-12-36(13-11-35)42(37,38)14-7-27(30,31)32/h1-6,8-9,15,19,23H,7,10-14,16-18H2. The maximum absolute atomic E-state index is 12.5. The minimum Gasteiger partial charge on any atom is -0.491 e. The van der Waals surface area contributed by atoms with Crippen molar-refractivity contribution in [3.63, 3.8) is 0 Å². The summed E-state index contributed by atoms with van der Waals surface area (Å²) in [6, 6.07) is 12.4. The zero-order valence-electron chi connectivity index (χ0n) is 22.3. The maximum atomic E-state index is 12.5. The van der Waals surface area contributed by atoms with Gasteiger partial charge in [0.2, 0.25) is 15.8 Å². The Labute approximate surface area is 251 Å². The van der Waals surface area contributed by atoms with Crippen molar-refractivity contribution in [1.29, 1.82) is 0 Å². The van der Waals surface area contributed by atoms with Gasteiger partial charge in [-0.25, -0.2) is 13.4 Å². The van der Waals surface area contributed by atoms with Gasteiger partial charge in [0, 0.05) is 54.8 Å². The second-order valence-corrected chi connectivity index (χ2v) is 13.0. The Kier molecular flexibility index (Phi) is 9.26. The number of hydrogen-bond donors (Lipinski definition) is 0. The van der Waals surface area contributed by atoms with Crippen LogP contribution < -0.4 is 9.64 Å². The SMILES string of the molecule is O=S(=O)(CCC(F)(F)F)N1CCN(c2ccc(OCC3COC(Cn4ccnc4)(c4ccc(Cl)cc4Cl)O3)cc2)CC1. The summed E-state index contributed by atoms with van der Waals surface area (Å²) in [4.78, 5) is 6.07. The molecule has 0 bridgehead atoms. The monoisotopic (exact) mass is 648 g/mol. The van der Waals surface area contributed by atoms with Crippen molar-refractivity contribution in [3.8, 4) is 5.75 Å². The molecule has 2 saturated heterocycles. The van der Waals surface area contributed by atoms with Crippen molar-refractivity contribution >= 4 is 38.9 Å². The maximum Gasteiger partial charge on any atom is 0.390 e. The van der Waals surface area contributed by atoms with Crippen LogP contribution in [0.25, 0.3) is 0 Å². The zero-order valence-corrected chi connectivity index (χ0v) is 24.7. The van der Waals surface area contributed by atoms with E-state index in [2.05, 4.69) is 4.98 Å². The van der Waals surface area contributed by atoms with Crippen molar-refractivity contribution in [2.75, 3.05) is 50.0 Å². The molecule has 2 atom stereocenters. The predicted octanol–water partition coefficient (Wildman–Crippen LogP) is 4.94. The molecule has 0 aliphatic carbocycles. The van der Waals surface area contributed by atoms with Crippen molar-refractivity contribution in [2.24, 2.45) is 0 Å². The van der Waals surface area contributed by atoms with E-state index >= 15 is 0 Å². The summed E-state index contributed by atoms with van der Waals surface area (Å²) < 4.78 is 83.6. The van der Waals surface area contributed by atoms with Crippen LogP contribution in [0.15, 0.2) is 61.2 Å². The normalized spacial score (nSPS) is 22.0. The molecule has 2 aromatic carbocycles. The van der Waals surface area contributed by atoms with Crippen LogP contribution in [0.4, 0.5) is 18.9 Å². The fourth-order valence-corrected chi connectivity index (χ4v) is 6.94. The molecule has 2 unspecified atom stereocenters. The van der Waals surface area contributed by atoms with Crippen LogP contribution in [0.5, 0.6) is 5.75 Å². The van der Waals surface area contributed by atoms with Crippen LogP contribution in [0.2, 0.25) is 10.0 Å². The Morgan fingerprint density at radius 2 is 1.81 bits per heavy atom. The van der Waals surface area contributed by atoms with Gasteiger partial charge < -0.3 is 23.7 Å². The zero-order chi connectivity index (χ0) is 30.0. The van der Waals surface area contributed by atoms with Crippen LogP contribution >= 0.6 is 23.2 Å².